The number of ether oxygens (including phenoxy) is 1. The van der Waals surface area contributed by atoms with Crippen LogP contribution in [0.1, 0.15) is 17.4 Å². The number of thiophene rings is 1. The van der Waals surface area contributed by atoms with Gasteiger partial charge in [0.15, 0.2) is 6.10 Å². The van der Waals surface area contributed by atoms with E-state index in [1.165, 1.54) is 11.3 Å². The van der Waals surface area contributed by atoms with Gasteiger partial charge in [0.1, 0.15) is 0 Å². The highest BCUT2D eigenvalue weighted by molar-refractivity contribution is 9.10. The molecule has 0 aliphatic heterocycles. The van der Waals surface area contributed by atoms with Gasteiger partial charge in [-0.2, -0.15) is 0 Å². The molecule has 0 fully saturated rings. The molecule has 0 amide bonds. The fraction of sp³-hybridized carbons (Fsp3) is 0.444. The maximum absolute atomic E-state index is 10.9. The summed E-state index contributed by atoms with van der Waals surface area (Å²) in [5.74, 6) is -1.01. The number of rotatable bonds is 6. The topological polar surface area (TPSA) is 66.8 Å². The molecule has 1 aromatic heterocycles. The molecular weight excluding hydrogens is 284 g/mol. The summed E-state index contributed by atoms with van der Waals surface area (Å²) in [6, 6.07) is 1.72. The summed E-state index contributed by atoms with van der Waals surface area (Å²) in [4.78, 5) is 11.6. The monoisotopic (exact) mass is 294 g/mol. The van der Waals surface area contributed by atoms with Crippen LogP contribution in [0.4, 0.5) is 0 Å². The van der Waals surface area contributed by atoms with Gasteiger partial charge in [0.2, 0.25) is 0 Å². The molecule has 15 heavy (non-hydrogen) atoms. The van der Waals surface area contributed by atoms with Crippen molar-refractivity contribution in [2.45, 2.75) is 12.5 Å². The van der Waals surface area contributed by atoms with E-state index in [4.69, 9.17) is 14.9 Å². The minimum absolute atomic E-state index is 0.000470. The van der Waals surface area contributed by atoms with E-state index in [1.54, 1.807) is 11.4 Å². The van der Waals surface area contributed by atoms with E-state index in [0.717, 1.165) is 4.47 Å². The number of aliphatic hydroxyl groups is 1. The maximum atomic E-state index is 10.9. The van der Waals surface area contributed by atoms with Crippen LogP contribution in [0, 0.1) is 0 Å². The molecule has 0 spiro atoms. The summed E-state index contributed by atoms with van der Waals surface area (Å²) in [6.45, 7) is 0.240. The van der Waals surface area contributed by atoms with Crippen molar-refractivity contribution in [1.29, 1.82) is 0 Å². The lowest BCUT2D eigenvalue weighted by Gasteiger charge is -2.10. The molecule has 1 rings (SSSR count). The molecule has 0 radical (unpaired) electrons. The predicted molar refractivity (Wildman–Crippen MR) is 60.1 cm³/mol. The van der Waals surface area contributed by atoms with Crippen LogP contribution in [0.25, 0.3) is 0 Å². The van der Waals surface area contributed by atoms with E-state index in [9.17, 15) is 4.79 Å². The smallest absolute Gasteiger partial charge is 0.338 e. The Morgan fingerprint density at radius 2 is 2.40 bits per heavy atom. The van der Waals surface area contributed by atoms with Crippen molar-refractivity contribution in [2.24, 2.45) is 0 Å². The number of carboxylic acids is 1. The average Bonchev–Trinajstić information content (AvgIpc) is 2.59. The fourth-order valence-electron chi connectivity index (χ4n) is 1.01. The largest absolute Gasteiger partial charge is 0.479 e. The number of hydrogen-bond acceptors (Lipinski definition) is 4. The lowest BCUT2D eigenvalue weighted by Crippen LogP contribution is -2.15. The van der Waals surface area contributed by atoms with Crippen molar-refractivity contribution in [2.75, 3.05) is 13.2 Å². The number of carboxylic acid groups (broad SMARTS) is 1. The van der Waals surface area contributed by atoms with Crippen molar-refractivity contribution in [3.05, 3.63) is 20.8 Å². The van der Waals surface area contributed by atoms with Gasteiger partial charge in [-0.1, -0.05) is 0 Å². The normalized spacial score (nSPS) is 12.7. The van der Waals surface area contributed by atoms with Gasteiger partial charge in [0, 0.05) is 21.3 Å². The number of aliphatic carboxylic acids is 1. The van der Waals surface area contributed by atoms with E-state index in [-0.39, 0.29) is 13.2 Å². The Balaban J connectivity index is 2.62. The second-order valence-electron chi connectivity index (χ2n) is 2.83. The third kappa shape index (κ3) is 3.90. The summed E-state index contributed by atoms with van der Waals surface area (Å²) in [5.41, 5.74) is 0. The third-order valence-electron chi connectivity index (χ3n) is 1.66. The predicted octanol–water partition coefficient (Wildman–Crippen LogP) is 2.04. The third-order valence-corrected chi connectivity index (χ3v) is 3.39. The first-order chi connectivity index (χ1) is 7.15. The Labute approximate surface area is 99.6 Å². The van der Waals surface area contributed by atoms with E-state index in [0.29, 0.717) is 11.3 Å². The SMILES string of the molecule is O=C(O)C(OCCCO)c1cc(Br)cs1. The lowest BCUT2D eigenvalue weighted by molar-refractivity contribution is -0.150. The molecule has 1 aromatic rings. The summed E-state index contributed by atoms with van der Waals surface area (Å²) < 4.78 is 6.02. The average molecular weight is 295 g/mol. The molecule has 0 saturated carbocycles. The summed E-state index contributed by atoms with van der Waals surface area (Å²) in [5, 5.41) is 19.3. The number of hydrogen-bond donors (Lipinski definition) is 2. The van der Waals surface area contributed by atoms with E-state index < -0.39 is 12.1 Å². The van der Waals surface area contributed by atoms with Crippen LogP contribution in [-0.2, 0) is 9.53 Å². The van der Waals surface area contributed by atoms with E-state index in [1.807, 2.05) is 0 Å². The Kier molecular flexibility index (Phi) is 5.24. The highest BCUT2D eigenvalue weighted by atomic mass is 79.9. The first kappa shape index (κ1) is 12.6. The van der Waals surface area contributed by atoms with Crippen LogP contribution in [0.3, 0.4) is 0 Å². The zero-order chi connectivity index (χ0) is 11.3. The highest BCUT2D eigenvalue weighted by Crippen LogP contribution is 2.28. The van der Waals surface area contributed by atoms with E-state index in [2.05, 4.69) is 15.9 Å². The molecule has 4 nitrogen and oxygen atoms in total. The molecule has 1 atom stereocenters. The van der Waals surface area contributed by atoms with Crippen molar-refractivity contribution in [1.82, 2.24) is 0 Å². The van der Waals surface area contributed by atoms with Gasteiger partial charge in [0.05, 0.1) is 6.61 Å². The van der Waals surface area contributed by atoms with Crippen molar-refractivity contribution >= 4 is 33.2 Å². The molecule has 6 heteroatoms. The zero-order valence-electron chi connectivity index (χ0n) is 7.85. The molecule has 0 aliphatic carbocycles. The molecule has 0 aromatic carbocycles. The van der Waals surface area contributed by atoms with Crippen molar-refractivity contribution in [3.63, 3.8) is 0 Å². The maximum Gasteiger partial charge on any atom is 0.338 e. The molecule has 0 saturated heterocycles. The fourth-order valence-corrected chi connectivity index (χ4v) is 2.49. The zero-order valence-corrected chi connectivity index (χ0v) is 10.3. The van der Waals surface area contributed by atoms with Gasteiger partial charge in [-0.25, -0.2) is 4.79 Å². The number of aliphatic hydroxyl groups excluding tert-OH is 1. The second-order valence-corrected chi connectivity index (χ2v) is 4.69. The van der Waals surface area contributed by atoms with Crippen LogP contribution in [0.15, 0.2) is 15.9 Å². The molecule has 84 valence electrons. The molecule has 2 N–H and O–H groups in total. The first-order valence-corrected chi connectivity index (χ1v) is 6.01. The number of carbonyl (C=O) groups is 1. The Bertz CT molecular complexity index is 326. The summed E-state index contributed by atoms with van der Waals surface area (Å²) >= 11 is 4.58. The van der Waals surface area contributed by atoms with E-state index >= 15 is 0 Å². The van der Waals surface area contributed by atoms with Crippen LogP contribution in [-0.4, -0.2) is 29.4 Å². The Morgan fingerprint density at radius 3 is 2.87 bits per heavy atom. The Morgan fingerprint density at radius 1 is 1.67 bits per heavy atom. The standard InChI is InChI=1S/C9H11BrO4S/c10-6-4-7(15-5-6)8(9(12)13)14-3-1-2-11/h4-5,8,11H,1-3H2,(H,12,13). The van der Waals surface area contributed by atoms with Crippen LogP contribution in [0.5, 0.6) is 0 Å². The lowest BCUT2D eigenvalue weighted by atomic mass is 10.3. The van der Waals surface area contributed by atoms with Gasteiger partial charge in [0.25, 0.3) is 0 Å². The van der Waals surface area contributed by atoms with Gasteiger partial charge in [-0.15, -0.1) is 11.3 Å². The molecule has 0 bridgehead atoms. The summed E-state index contributed by atoms with van der Waals surface area (Å²) in [6.07, 6.45) is -0.496. The van der Waals surface area contributed by atoms with Crippen LogP contribution < -0.4 is 0 Å². The summed E-state index contributed by atoms with van der Waals surface area (Å²) in [7, 11) is 0. The van der Waals surface area contributed by atoms with Gasteiger partial charge >= 0.3 is 5.97 Å². The minimum Gasteiger partial charge on any atom is -0.479 e. The second kappa shape index (κ2) is 6.22. The van der Waals surface area contributed by atoms with Gasteiger partial charge in [-0.3, -0.25) is 0 Å². The first-order valence-electron chi connectivity index (χ1n) is 4.34. The molecular formula is C9H11BrO4S. The minimum atomic E-state index is -1.01. The molecule has 0 aliphatic rings. The highest BCUT2D eigenvalue weighted by Gasteiger charge is 2.21. The quantitative estimate of drug-likeness (QED) is 0.788. The Hall–Kier alpha value is -0.430. The van der Waals surface area contributed by atoms with Crippen LogP contribution in [0.2, 0.25) is 0 Å². The van der Waals surface area contributed by atoms with Gasteiger partial charge in [-0.05, 0) is 28.4 Å². The van der Waals surface area contributed by atoms with Crippen molar-refractivity contribution in [3.8, 4) is 0 Å². The molecule has 1 heterocycles. The number of halogens is 1. The molecule has 1 unspecified atom stereocenters. The van der Waals surface area contributed by atoms with Crippen LogP contribution >= 0.6 is 27.3 Å². The van der Waals surface area contributed by atoms with Crippen molar-refractivity contribution < 1.29 is 19.7 Å². The van der Waals surface area contributed by atoms with Gasteiger partial charge < -0.3 is 14.9 Å².